The Kier molecular flexibility index (Phi) is 2.83. The molecule has 1 rings (SSSR count). The van der Waals surface area contributed by atoms with Crippen molar-refractivity contribution in [2.24, 2.45) is 0 Å². The van der Waals surface area contributed by atoms with Crippen LogP contribution in [0, 0.1) is 6.92 Å². The molecule has 0 aliphatic rings. The van der Waals surface area contributed by atoms with Crippen LogP contribution < -0.4 is 9.47 Å². The summed E-state index contributed by atoms with van der Waals surface area (Å²) in [5.41, 5.74) is 0.127. The Bertz CT molecular complexity index is 325. The zero-order valence-corrected chi connectivity index (χ0v) is 7.55. The number of ether oxygens (including phenoxy) is 2. The largest absolute Gasteiger partial charge is 0.573 e. The zero-order chi connectivity index (χ0) is 10.8. The molecule has 14 heavy (non-hydrogen) atoms. The fourth-order valence-electron chi connectivity index (χ4n) is 0.871. The monoisotopic (exact) mass is 207 g/mol. The molecular weight excluding hydrogens is 199 g/mol. The zero-order valence-electron chi connectivity index (χ0n) is 7.55. The molecule has 3 nitrogen and oxygen atoms in total. The van der Waals surface area contributed by atoms with Crippen LogP contribution in [0.3, 0.4) is 0 Å². The molecule has 0 saturated carbocycles. The van der Waals surface area contributed by atoms with Crippen molar-refractivity contribution in [2.45, 2.75) is 13.3 Å². The lowest BCUT2D eigenvalue weighted by Crippen LogP contribution is -2.18. The highest BCUT2D eigenvalue weighted by atomic mass is 19.4. The first-order valence-corrected chi connectivity index (χ1v) is 3.70. The van der Waals surface area contributed by atoms with E-state index < -0.39 is 6.36 Å². The summed E-state index contributed by atoms with van der Waals surface area (Å²) < 4.78 is 43.9. The van der Waals surface area contributed by atoms with Crippen LogP contribution in [0.25, 0.3) is 0 Å². The number of hydrogen-bond acceptors (Lipinski definition) is 3. The van der Waals surface area contributed by atoms with Gasteiger partial charge < -0.3 is 9.47 Å². The van der Waals surface area contributed by atoms with Gasteiger partial charge in [-0.25, -0.2) is 4.98 Å². The van der Waals surface area contributed by atoms with Gasteiger partial charge in [-0.05, 0) is 13.0 Å². The number of hydrogen-bond donors (Lipinski definition) is 0. The van der Waals surface area contributed by atoms with Crippen molar-refractivity contribution in [3.05, 3.63) is 17.8 Å². The minimum Gasteiger partial charge on any atom is -0.481 e. The van der Waals surface area contributed by atoms with Gasteiger partial charge in [0.2, 0.25) is 5.88 Å². The van der Waals surface area contributed by atoms with E-state index in [1.54, 1.807) is 0 Å². The molecule has 6 heteroatoms. The van der Waals surface area contributed by atoms with E-state index in [2.05, 4.69) is 9.72 Å². The summed E-state index contributed by atoms with van der Waals surface area (Å²) in [6.45, 7) is 1.41. The van der Waals surface area contributed by atoms with Gasteiger partial charge >= 0.3 is 6.36 Å². The van der Waals surface area contributed by atoms with Crippen LogP contribution in [0.4, 0.5) is 13.2 Å². The first-order chi connectivity index (χ1) is 6.42. The van der Waals surface area contributed by atoms with Gasteiger partial charge in [-0.2, -0.15) is 0 Å². The SMILES string of the molecule is COc1ccc(OC(F)(F)F)c(C)n1. The minimum absolute atomic E-state index is 0.127. The number of nitrogens with zero attached hydrogens (tertiary/aromatic N) is 1. The fraction of sp³-hybridized carbons (Fsp3) is 0.375. The van der Waals surface area contributed by atoms with Crippen molar-refractivity contribution in [2.75, 3.05) is 7.11 Å². The molecule has 0 aliphatic heterocycles. The van der Waals surface area contributed by atoms with Crippen LogP contribution in [0.2, 0.25) is 0 Å². The molecule has 1 aromatic heterocycles. The molecule has 1 heterocycles. The molecule has 0 atom stereocenters. The maximum Gasteiger partial charge on any atom is 0.573 e. The molecule has 0 unspecified atom stereocenters. The molecule has 0 bridgehead atoms. The van der Waals surface area contributed by atoms with E-state index in [0.717, 1.165) is 6.07 Å². The Morgan fingerprint density at radius 2 is 1.93 bits per heavy atom. The molecular formula is C8H8F3NO2. The molecule has 0 spiro atoms. The van der Waals surface area contributed by atoms with E-state index in [9.17, 15) is 13.2 Å². The van der Waals surface area contributed by atoms with Gasteiger partial charge in [-0.3, -0.25) is 0 Å². The van der Waals surface area contributed by atoms with E-state index in [-0.39, 0.29) is 17.3 Å². The van der Waals surface area contributed by atoms with Crippen molar-refractivity contribution in [3.8, 4) is 11.6 Å². The smallest absolute Gasteiger partial charge is 0.481 e. The van der Waals surface area contributed by atoms with Crippen LogP contribution in [0.1, 0.15) is 5.69 Å². The average molecular weight is 207 g/mol. The number of methoxy groups -OCH3 is 1. The predicted octanol–water partition coefficient (Wildman–Crippen LogP) is 2.30. The standard InChI is InChI=1S/C8H8F3NO2/c1-5-6(14-8(9,10)11)3-4-7(12-5)13-2/h3-4H,1-2H3. The highest BCUT2D eigenvalue weighted by molar-refractivity contribution is 5.30. The number of pyridine rings is 1. The van der Waals surface area contributed by atoms with Gasteiger partial charge in [-0.1, -0.05) is 0 Å². The van der Waals surface area contributed by atoms with Crippen LogP contribution in [0.5, 0.6) is 11.6 Å². The number of halogens is 3. The van der Waals surface area contributed by atoms with Crippen molar-refractivity contribution < 1.29 is 22.6 Å². The van der Waals surface area contributed by atoms with Crippen molar-refractivity contribution in [1.82, 2.24) is 4.98 Å². The van der Waals surface area contributed by atoms with E-state index >= 15 is 0 Å². The molecule has 0 aromatic carbocycles. The van der Waals surface area contributed by atoms with E-state index in [0.29, 0.717) is 0 Å². The van der Waals surface area contributed by atoms with Crippen LogP contribution in [0.15, 0.2) is 12.1 Å². The summed E-state index contributed by atoms with van der Waals surface area (Å²) in [6, 6.07) is 2.46. The predicted molar refractivity (Wildman–Crippen MR) is 42.2 cm³/mol. The third kappa shape index (κ3) is 2.79. The highest BCUT2D eigenvalue weighted by Gasteiger charge is 2.31. The molecule has 78 valence electrons. The topological polar surface area (TPSA) is 31.4 Å². The third-order valence-corrected chi connectivity index (χ3v) is 1.45. The third-order valence-electron chi connectivity index (χ3n) is 1.45. The van der Waals surface area contributed by atoms with Gasteiger partial charge in [0.1, 0.15) is 0 Å². The van der Waals surface area contributed by atoms with Gasteiger partial charge in [0, 0.05) is 6.07 Å². The van der Waals surface area contributed by atoms with Gasteiger partial charge in [0.15, 0.2) is 5.75 Å². The lowest BCUT2D eigenvalue weighted by atomic mass is 10.3. The van der Waals surface area contributed by atoms with Crippen molar-refractivity contribution in [1.29, 1.82) is 0 Å². The van der Waals surface area contributed by atoms with Crippen molar-refractivity contribution in [3.63, 3.8) is 0 Å². The summed E-state index contributed by atoms with van der Waals surface area (Å²) in [6.07, 6.45) is -4.69. The first-order valence-electron chi connectivity index (χ1n) is 3.70. The second kappa shape index (κ2) is 3.73. The number of aryl methyl sites for hydroxylation is 1. The number of alkyl halides is 3. The molecule has 0 aliphatic carbocycles. The van der Waals surface area contributed by atoms with E-state index in [4.69, 9.17) is 4.74 Å². The molecule has 0 radical (unpaired) electrons. The Balaban J connectivity index is 2.89. The normalized spacial score (nSPS) is 11.2. The van der Waals surface area contributed by atoms with Gasteiger partial charge in [0.25, 0.3) is 0 Å². The highest BCUT2D eigenvalue weighted by Crippen LogP contribution is 2.26. The fourth-order valence-corrected chi connectivity index (χ4v) is 0.871. The quantitative estimate of drug-likeness (QED) is 0.745. The second-order valence-electron chi connectivity index (χ2n) is 2.48. The Morgan fingerprint density at radius 1 is 1.29 bits per heavy atom. The first kappa shape index (κ1) is 10.6. The van der Waals surface area contributed by atoms with Crippen LogP contribution >= 0.6 is 0 Å². The molecule has 0 fully saturated rings. The number of aromatic nitrogens is 1. The summed E-state index contributed by atoms with van der Waals surface area (Å²) in [5.74, 6) is -0.0738. The van der Waals surface area contributed by atoms with E-state index in [1.165, 1.54) is 20.1 Å². The lowest BCUT2D eigenvalue weighted by molar-refractivity contribution is -0.275. The maximum absolute atomic E-state index is 11.8. The molecule has 0 saturated heterocycles. The Labute approximate surface area is 78.5 Å². The Morgan fingerprint density at radius 3 is 2.36 bits per heavy atom. The summed E-state index contributed by atoms with van der Waals surface area (Å²) in [4.78, 5) is 3.73. The summed E-state index contributed by atoms with van der Waals surface area (Å²) in [5, 5.41) is 0. The van der Waals surface area contributed by atoms with E-state index in [1.807, 2.05) is 0 Å². The molecule has 0 amide bonds. The van der Waals surface area contributed by atoms with Crippen molar-refractivity contribution >= 4 is 0 Å². The minimum atomic E-state index is -4.69. The number of rotatable bonds is 2. The summed E-state index contributed by atoms with van der Waals surface area (Å²) in [7, 11) is 1.38. The van der Waals surface area contributed by atoms with Gasteiger partial charge in [-0.15, -0.1) is 13.2 Å². The van der Waals surface area contributed by atoms with Crippen LogP contribution in [-0.4, -0.2) is 18.5 Å². The summed E-state index contributed by atoms with van der Waals surface area (Å²) >= 11 is 0. The van der Waals surface area contributed by atoms with Gasteiger partial charge in [0.05, 0.1) is 12.8 Å². The van der Waals surface area contributed by atoms with Crippen LogP contribution in [-0.2, 0) is 0 Å². The Hall–Kier alpha value is -1.46. The maximum atomic E-state index is 11.8. The molecule has 1 aromatic rings. The molecule has 0 N–H and O–H groups in total. The lowest BCUT2D eigenvalue weighted by Gasteiger charge is -2.10. The second-order valence-corrected chi connectivity index (χ2v) is 2.48. The average Bonchev–Trinajstić information content (AvgIpc) is 2.06.